The molecule has 0 fully saturated rings. The van der Waals surface area contributed by atoms with Gasteiger partial charge in [0, 0.05) is 12.2 Å². The lowest BCUT2D eigenvalue weighted by Crippen LogP contribution is -2.58. The second-order valence-electron chi connectivity index (χ2n) is 6.02. The zero-order valence-corrected chi connectivity index (χ0v) is 16.5. The van der Waals surface area contributed by atoms with Gasteiger partial charge < -0.3 is 42.1 Å². The van der Waals surface area contributed by atoms with Gasteiger partial charge in [0.15, 0.2) is 0 Å². The number of thiol groups is 1. The van der Waals surface area contributed by atoms with Crippen molar-refractivity contribution in [3.63, 3.8) is 0 Å². The fraction of sp³-hybridized carbons (Fsp3) is 0.600. The lowest BCUT2D eigenvalue weighted by molar-refractivity contribution is -0.143. The van der Waals surface area contributed by atoms with Crippen molar-refractivity contribution in [2.75, 3.05) is 12.4 Å². The van der Waals surface area contributed by atoms with E-state index in [-0.39, 0.29) is 5.75 Å². The average molecular weight is 452 g/mol. The molecule has 9 N–H and O–H groups in total. The summed E-state index contributed by atoms with van der Waals surface area (Å²) in [5.74, 6) is -7.44. The highest BCUT2D eigenvalue weighted by atomic mass is 32.1. The molecule has 15 heteroatoms. The highest BCUT2D eigenvalue weighted by Crippen LogP contribution is 2.00. The second-order valence-corrected chi connectivity index (χ2v) is 6.39. The van der Waals surface area contributed by atoms with Crippen LogP contribution in [-0.4, -0.2) is 92.6 Å². The molecule has 14 nitrogen and oxygen atoms in total. The van der Waals surface area contributed by atoms with E-state index in [1.165, 1.54) is 0 Å². The molecular formula is C15H24N4O10S. The number of carboxylic acids is 3. The Morgan fingerprint density at radius 1 is 0.800 bits per heavy atom. The fourth-order valence-corrected chi connectivity index (χ4v) is 2.27. The zero-order valence-electron chi connectivity index (χ0n) is 15.6. The zero-order chi connectivity index (χ0) is 23.4. The molecule has 0 saturated carbocycles. The van der Waals surface area contributed by atoms with Crippen LogP contribution in [0.2, 0.25) is 0 Å². The number of nitrogens with two attached hydrogens (primary N) is 1. The van der Waals surface area contributed by atoms with Gasteiger partial charge in [-0.2, -0.15) is 12.6 Å². The van der Waals surface area contributed by atoms with Crippen LogP contribution in [0.5, 0.6) is 0 Å². The summed E-state index contributed by atoms with van der Waals surface area (Å²) in [4.78, 5) is 68.5. The SMILES string of the molecule is NC(CC(=O)O)C(=O)NC(CS)C(=O)NC(CO)C(=O)NC(CCC(=O)O)C(=O)O. The maximum absolute atomic E-state index is 12.2. The Kier molecular flexibility index (Phi) is 12.0. The van der Waals surface area contributed by atoms with Crippen LogP contribution >= 0.6 is 12.6 Å². The average Bonchev–Trinajstić information content (AvgIpc) is 2.65. The first-order valence-corrected chi connectivity index (χ1v) is 9.10. The first-order valence-electron chi connectivity index (χ1n) is 8.47. The number of carboxylic acid groups (broad SMARTS) is 3. The summed E-state index contributed by atoms with van der Waals surface area (Å²) in [6.45, 7) is -0.936. The van der Waals surface area contributed by atoms with Crippen LogP contribution in [-0.2, 0) is 28.8 Å². The van der Waals surface area contributed by atoms with Crippen molar-refractivity contribution in [2.45, 2.75) is 43.4 Å². The molecule has 0 aromatic carbocycles. The van der Waals surface area contributed by atoms with Crippen LogP contribution in [0.4, 0.5) is 0 Å². The number of hydrogen-bond donors (Lipinski definition) is 9. The number of hydrogen-bond acceptors (Lipinski definition) is 9. The highest BCUT2D eigenvalue weighted by Gasteiger charge is 2.30. The minimum absolute atomic E-state index is 0.270. The lowest BCUT2D eigenvalue weighted by atomic mass is 10.1. The number of carbonyl (C=O) groups is 6. The smallest absolute Gasteiger partial charge is 0.326 e. The van der Waals surface area contributed by atoms with E-state index in [1.54, 1.807) is 0 Å². The van der Waals surface area contributed by atoms with E-state index in [2.05, 4.69) is 23.3 Å². The Labute approximate surface area is 175 Å². The number of nitrogens with one attached hydrogen (secondary N) is 3. The van der Waals surface area contributed by atoms with Crippen molar-refractivity contribution < 1.29 is 49.2 Å². The van der Waals surface area contributed by atoms with Gasteiger partial charge >= 0.3 is 17.9 Å². The van der Waals surface area contributed by atoms with Gasteiger partial charge in [0.2, 0.25) is 17.7 Å². The van der Waals surface area contributed by atoms with Gasteiger partial charge in [0.25, 0.3) is 0 Å². The second kappa shape index (κ2) is 13.3. The molecule has 4 unspecified atom stereocenters. The summed E-state index contributed by atoms with van der Waals surface area (Å²) in [5.41, 5.74) is 5.38. The van der Waals surface area contributed by atoms with Gasteiger partial charge in [-0.1, -0.05) is 0 Å². The van der Waals surface area contributed by atoms with E-state index in [0.29, 0.717) is 0 Å². The molecule has 3 amide bonds. The molecule has 0 aliphatic rings. The van der Waals surface area contributed by atoms with E-state index in [4.69, 9.17) is 21.1 Å². The van der Waals surface area contributed by atoms with Gasteiger partial charge in [-0.3, -0.25) is 24.0 Å². The van der Waals surface area contributed by atoms with E-state index in [9.17, 15) is 33.9 Å². The molecular weight excluding hydrogens is 428 g/mol. The first-order chi connectivity index (χ1) is 13.9. The summed E-state index contributed by atoms with van der Waals surface area (Å²) in [5, 5.41) is 41.8. The molecule has 0 aromatic rings. The van der Waals surface area contributed by atoms with E-state index < -0.39 is 85.7 Å². The molecule has 0 aromatic heterocycles. The van der Waals surface area contributed by atoms with Gasteiger partial charge in [-0.15, -0.1) is 0 Å². The Morgan fingerprint density at radius 3 is 1.73 bits per heavy atom. The molecule has 0 heterocycles. The summed E-state index contributed by atoms with van der Waals surface area (Å²) in [6.07, 6.45) is -1.67. The molecule has 0 aliphatic heterocycles. The third-order valence-electron chi connectivity index (χ3n) is 3.62. The van der Waals surface area contributed by atoms with Crippen LogP contribution in [0, 0.1) is 0 Å². The molecule has 0 aliphatic carbocycles. The molecule has 0 saturated heterocycles. The van der Waals surface area contributed by atoms with Crippen LogP contribution in [0.1, 0.15) is 19.3 Å². The number of aliphatic carboxylic acids is 3. The van der Waals surface area contributed by atoms with Crippen molar-refractivity contribution in [3.05, 3.63) is 0 Å². The van der Waals surface area contributed by atoms with E-state index in [0.717, 1.165) is 0 Å². The van der Waals surface area contributed by atoms with Crippen molar-refractivity contribution in [1.29, 1.82) is 0 Å². The van der Waals surface area contributed by atoms with Crippen molar-refractivity contribution in [3.8, 4) is 0 Å². The Balaban J connectivity index is 5.00. The number of aliphatic hydroxyl groups is 1. The van der Waals surface area contributed by atoms with Crippen LogP contribution in [0.15, 0.2) is 0 Å². The summed E-state index contributed by atoms with van der Waals surface area (Å²) in [7, 11) is 0. The van der Waals surface area contributed by atoms with Crippen molar-refractivity contribution >= 4 is 48.3 Å². The quantitative estimate of drug-likeness (QED) is 0.115. The molecule has 30 heavy (non-hydrogen) atoms. The normalized spacial score (nSPS) is 14.5. The Morgan fingerprint density at radius 2 is 1.30 bits per heavy atom. The first kappa shape index (κ1) is 27.1. The van der Waals surface area contributed by atoms with Crippen molar-refractivity contribution in [1.82, 2.24) is 16.0 Å². The van der Waals surface area contributed by atoms with Gasteiger partial charge in [-0.05, 0) is 6.42 Å². The number of carbonyl (C=O) groups excluding carboxylic acids is 3. The monoisotopic (exact) mass is 452 g/mol. The molecule has 4 atom stereocenters. The van der Waals surface area contributed by atoms with Gasteiger partial charge in [0.1, 0.15) is 18.1 Å². The third-order valence-corrected chi connectivity index (χ3v) is 3.99. The summed E-state index contributed by atoms with van der Waals surface area (Å²) >= 11 is 3.87. The number of amides is 3. The summed E-state index contributed by atoms with van der Waals surface area (Å²) in [6, 6.07) is -5.98. The molecule has 0 radical (unpaired) electrons. The lowest BCUT2D eigenvalue weighted by Gasteiger charge is -2.23. The van der Waals surface area contributed by atoms with Gasteiger partial charge in [0.05, 0.1) is 19.1 Å². The van der Waals surface area contributed by atoms with Crippen molar-refractivity contribution in [2.24, 2.45) is 5.73 Å². The van der Waals surface area contributed by atoms with Gasteiger partial charge in [-0.25, -0.2) is 4.79 Å². The van der Waals surface area contributed by atoms with Crippen LogP contribution in [0.25, 0.3) is 0 Å². The predicted molar refractivity (Wildman–Crippen MR) is 101 cm³/mol. The summed E-state index contributed by atoms with van der Waals surface area (Å²) < 4.78 is 0. The van der Waals surface area contributed by atoms with E-state index >= 15 is 0 Å². The predicted octanol–water partition coefficient (Wildman–Crippen LogP) is -3.89. The Bertz CT molecular complexity index is 674. The topological polar surface area (TPSA) is 245 Å². The molecule has 0 rings (SSSR count). The maximum atomic E-state index is 12.2. The minimum Gasteiger partial charge on any atom is -0.481 e. The third kappa shape index (κ3) is 10.0. The Hall–Kier alpha value is -2.91. The van der Waals surface area contributed by atoms with Crippen LogP contribution in [0.3, 0.4) is 0 Å². The fourth-order valence-electron chi connectivity index (χ4n) is 2.02. The highest BCUT2D eigenvalue weighted by molar-refractivity contribution is 7.80. The number of aliphatic hydroxyl groups excluding tert-OH is 1. The molecule has 170 valence electrons. The number of rotatable bonds is 14. The largest absolute Gasteiger partial charge is 0.481 e. The van der Waals surface area contributed by atoms with E-state index in [1.807, 2.05) is 5.32 Å². The van der Waals surface area contributed by atoms with Crippen LogP contribution < -0.4 is 21.7 Å². The molecule has 0 spiro atoms. The minimum atomic E-state index is -1.61. The standard InChI is InChI=1S/C15H24N4O10S/c16-6(3-11(23)24)12(25)19-9(5-30)14(27)18-8(4-20)13(26)17-7(15(28)29)1-2-10(21)22/h6-9,20,30H,1-5,16H2,(H,17,26)(H,18,27)(H,19,25)(H,21,22)(H,23,24)(H,28,29). The molecule has 0 bridgehead atoms. The maximum Gasteiger partial charge on any atom is 0.326 e.